The molecular formula is C17H19ClN2O4S. The molecule has 2 saturated heterocycles. The van der Waals surface area contributed by atoms with Crippen LogP contribution in [0.4, 0.5) is 5.69 Å². The van der Waals surface area contributed by atoms with Gasteiger partial charge in [-0.15, -0.1) is 11.8 Å². The highest BCUT2D eigenvalue weighted by atomic mass is 35.5. The molecule has 6 nitrogen and oxygen atoms in total. The Morgan fingerprint density at radius 1 is 1.44 bits per heavy atom. The first-order chi connectivity index (χ1) is 11.8. The minimum atomic E-state index is -0.988. The van der Waals surface area contributed by atoms with Crippen LogP contribution in [-0.2, 0) is 19.1 Å². The van der Waals surface area contributed by atoms with Crippen molar-refractivity contribution in [1.82, 2.24) is 4.90 Å². The van der Waals surface area contributed by atoms with Gasteiger partial charge in [0.2, 0.25) is 5.91 Å². The fourth-order valence-corrected chi connectivity index (χ4v) is 4.70. The number of ether oxygens (including phenoxy) is 1. The zero-order valence-corrected chi connectivity index (χ0v) is 15.5. The molecule has 8 heteroatoms. The Labute approximate surface area is 155 Å². The molecule has 134 valence electrons. The highest BCUT2D eigenvalue weighted by Gasteiger charge is 2.53. The largest absolute Gasteiger partial charge is 0.451 e. The molecule has 0 spiro atoms. The van der Waals surface area contributed by atoms with Gasteiger partial charge in [0.15, 0.2) is 6.10 Å². The van der Waals surface area contributed by atoms with Crippen LogP contribution in [0, 0.1) is 0 Å². The van der Waals surface area contributed by atoms with Gasteiger partial charge in [-0.1, -0.05) is 23.7 Å². The SMILES string of the molecule is C[C@H](OC(=O)[C@H]1CS[C@@]2(C)CCC(=O)N12)C(=O)Nc1ccccc1Cl. The number of hydrogen-bond acceptors (Lipinski definition) is 5. The number of thioether (sulfide) groups is 1. The number of nitrogens with one attached hydrogen (secondary N) is 1. The van der Waals surface area contributed by atoms with E-state index >= 15 is 0 Å². The van der Waals surface area contributed by atoms with Crippen LogP contribution >= 0.6 is 23.4 Å². The molecule has 0 aromatic heterocycles. The zero-order valence-electron chi connectivity index (χ0n) is 14.0. The van der Waals surface area contributed by atoms with Gasteiger partial charge in [0, 0.05) is 12.2 Å². The van der Waals surface area contributed by atoms with Crippen molar-refractivity contribution in [2.45, 2.75) is 43.7 Å². The summed E-state index contributed by atoms with van der Waals surface area (Å²) in [6.07, 6.45) is 0.178. The van der Waals surface area contributed by atoms with Crippen molar-refractivity contribution in [3.8, 4) is 0 Å². The molecule has 2 amide bonds. The third kappa shape index (κ3) is 3.48. The van der Waals surface area contributed by atoms with Gasteiger partial charge >= 0.3 is 5.97 Å². The number of rotatable bonds is 4. The third-order valence-electron chi connectivity index (χ3n) is 4.51. The Kier molecular flexibility index (Phi) is 4.97. The fraction of sp³-hybridized carbons (Fsp3) is 0.471. The molecule has 0 aliphatic carbocycles. The molecule has 2 aliphatic rings. The molecule has 0 radical (unpaired) electrons. The van der Waals surface area contributed by atoms with Gasteiger partial charge in [0.05, 0.1) is 15.6 Å². The molecule has 2 heterocycles. The topological polar surface area (TPSA) is 75.7 Å². The first-order valence-electron chi connectivity index (χ1n) is 8.04. The number of esters is 1. The summed E-state index contributed by atoms with van der Waals surface area (Å²) in [4.78, 5) is 38.1. The average Bonchev–Trinajstić information content (AvgIpc) is 3.06. The molecule has 0 saturated carbocycles. The van der Waals surface area contributed by atoms with Crippen LogP contribution < -0.4 is 5.32 Å². The second-order valence-electron chi connectivity index (χ2n) is 6.31. The summed E-state index contributed by atoms with van der Waals surface area (Å²) < 4.78 is 5.31. The quantitative estimate of drug-likeness (QED) is 0.810. The lowest BCUT2D eigenvalue weighted by Crippen LogP contribution is -2.48. The number of para-hydroxylation sites is 1. The van der Waals surface area contributed by atoms with Gasteiger partial charge in [-0.05, 0) is 32.4 Å². The molecule has 0 bridgehead atoms. The minimum absolute atomic E-state index is 0.0392. The highest BCUT2D eigenvalue weighted by Crippen LogP contribution is 2.47. The number of amides is 2. The standard InChI is InChI=1S/C17H19ClN2O4S/c1-10(15(22)19-12-6-4-3-5-11(12)18)24-16(23)13-9-25-17(2)8-7-14(21)20(13)17/h3-6,10,13H,7-9H2,1-2H3,(H,19,22)/t10-,13+,17-/m0/s1. The number of nitrogens with zero attached hydrogens (tertiary/aromatic N) is 1. The van der Waals surface area contributed by atoms with E-state index in [2.05, 4.69) is 5.32 Å². The van der Waals surface area contributed by atoms with Crippen molar-refractivity contribution >= 4 is 46.8 Å². The first-order valence-corrected chi connectivity index (χ1v) is 9.40. The van der Waals surface area contributed by atoms with E-state index < -0.39 is 24.0 Å². The molecular weight excluding hydrogens is 364 g/mol. The number of carbonyl (C=O) groups is 3. The molecule has 1 N–H and O–H groups in total. The number of halogens is 1. The summed E-state index contributed by atoms with van der Waals surface area (Å²) in [6.45, 7) is 3.46. The van der Waals surface area contributed by atoms with Crippen LogP contribution in [-0.4, -0.2) is 45.5 Å². The molecule has 25 heavy (non-hydrogen) atoms. The van der Waals surface area contributed by atoms with Crippen molar-refractivity contribution in [1.29, 1.82) is 0 Å². The lowest BCUT2D eigenvalue weighted by molar-refractivity contribution is -0.160. The average molecular weight is 383 g/mol. The molecule has 2 fully saturated rings. The number of fused-ring (bicyclic) bond motifs is 1. The van der Waals surface area contributed by atoms with E-state index in [-0.39, 0.29) is 10.8 Å². The predicted octanol–water partition coefficient (Wildman–Crippen LogP) is 2.66. The first kappa shape index (κ1) is 18.1. The maximum atomic E-state index is 12.5. The van der Waals surface area contributed by atoms with Crippen molar-refractivity contribution in [2.24, 2.45) is 0 Å². The van der Waals surface area contributed by atoms with E-state index in [1.807, 2.05) is 6.92 Å². The normalized spacial score (nSPS) is 26.3. The Hall–Kier alpha value is -1.73. The van der Waals surface area contributed by atoms with Crippen molar-refractivity contribution in [2.75, 3.05) is 11.1 Å². The summed E-state index contributed by atoms with van der Waals surface area (Å²) in [6, 6.07) is 6.18. The second kappa shape index (κ2) is 6.88. The Morgan fingerprint density at radius 3 is 2.88 bits per heavy atom. The Balaban J connectivity index is 1.62. The van der Waals surface area contributed by atoms with Gasteiger partial charge in [-0.3, -0.25) is 9.59 Å². The van der Waals surface area contributed by atoms with Crippen LogP contribution in [0.25, 0.3) is 0 Å². The minimum Gasteiger partial charge on any atom is -0.451 e. The summed E-state index contributed by atoms with van der Waals surface area (Å²) in [5.74, 6) is -0.571. The van der Waals surface area contributed by atoms with Crippen LogP contribution in [0.1, 0.15) is 26.7 Å². The molecule has 1 aromatic carbocycles. The van der Waals surface area contributed by atoms with Crippen LogP contribution in [0.2, 0.25) is 5.02 Å². The third-order valence-corrected chi connectivity index (χ3v) is 6.35. The maximum Gasteiger partial charge on any atom is 0.330 e. The number of hydrogen-bond donors (Lipinski definition) is 1. The van der Waals surface area contributed by atoms with Crippen LogP contribution in [0.5, 0.6) is 0 Å². The molecule has 1 aromatic rings. The predicted molar refractivity (Wildman–Crippen MR) is 96.4 cm³/mol. The Bertz CT molecular complexity index is 728. The van der Waals surface area contributed by atoms with Crippen LogP contribution in [0.15, 0.2) is 24.3 Å². The second-order valence-corrected chi connectivity index (χ2v) is 8.22. The summed E-state index contributed by atoms with van der Waals surface area (Å²) in [5.41, 5.74) is 0.454. The number of carbonyl (C=O) groups excluding carboxylic acids is 3. The van der Waals surface area contributed by atoms with E-state index in [1.165, 1.54) is 6.92 Å². The highest BCUT2D eigenvalue weighted by molar-refractivity contribution is 8.01. The molecule has 0 unspecified atom stereocenters. The maximum absolute atomic E-state index is 12.5. The van der Waals surface area contributed by atoms with Gasteiger partial charge in [-0.2, -0.15) is 0 Å². The van der Waals surface area contributed by atoms with Gasteiger partial charge in [0.25, 0.3) is 5.91 Å². The Morgan fingerprint density at radius 2 is 2.16 bits per heavy atom. The number of benzene rings is 1. The van der Waals surface area contributed by atoms with Gasteiger partial charge in [-0.25, -0.2) is 4.79 Å². The van der Waals surface area contributed by atoms with Gasteiger partial charge in [0.1, 0.15) is 6.04 Å². The van der Waals surface area contributed by atoms with Crippen molar-refractivity contribution in [3.63, 3.8) is 0 Å². The molecule has 3 rings (SSSR count). The van der Waals surface area contributed by atoms with E-state index in [0.29, 0.717) is 22.9 Å². The molecule has 2 aliphatic heterocycles. The fourth-order valence-electron chi connectivity index (χ4n) is 3.10. The van der Waals surface area contributed by atoms with Crippen molar-refractivity contribution < 1.29 is 19.1 Å². The van der Waals surface area contributed by atoms with E-state index in [4.69, 9.17) is 16.3 Å². The van der Waals surface area contributed by atoms with E-state index in [9.17, 15) is 14.4 Å². The van der Waals surface area contributed by atoms with E-state index in [0.717, 1.165) is 6.42 Å². The smallest absolute Gasteiger partial charge is 0.330 e. The van der Waals surface area contributed by atoms with Gasteiger partial charge < -0.3 is 15.0 Å². The lowest BCUT2D eigenvalue weighted by atomic mass is 10.2. The van der Waals surface area contributed by atoms with Crippen LogP contribution in [0.3, 0.4) is 0 Å². The lowest BCUT2D eigenvalue weighted by Gasteiger charge is -2.29. The summed E-state index contributed by atoms with van der Waals surface area (Å²) >= 11 is 7.59. The zero-order chi connectivity index (χ0) is 18.2. The van der Waals surface area contributed by atoms with E-state index in [1.54, 1.807) is 40.9 Å². The number of anilines is 1. The summed E-state index contributed by atoms with van der Waals surface area (Å²) in [7, 11) is 0. The monoisotopic (exact) mass is 382 g/mol. The summed E-state index contributed by atoms with van der Waals surface area (Å²) in [5, 5.41) is 3.04. The van der Waals surface area contributed by atoms with Crippen molar-refractivity contribution in [3.05, 3.63) is 29.3 Å². The molecule has 3 atom stereocenters.